The lowest BCUT2D eigenvalue weighted by Gasteiger charge is -2.31. The Hall–Kier alpha value is -2.90. The fourth-order valence-electron chi connectivity index (χ4n) is 3.35. The Balaban J connectivity index is 1.75. The minimum absolute atomic E-state index is 0.107. The number of benzene rings is 1. The highest BCUT2D eigenvalue weighted by atomic mass is 19.1. The highest BCUT2D eigenvalue weighted by Crippen LogP contribution is 2.35. The van der Waals surface area contributed by atoms with Crippen molar-refractivity contribution in [1.82, 2.24) is 20.4 Å². The van der Waals surface area contributed by atoms with E-state index in [9.17, 15) is 18.8 Å². The summed E-state index contributed by atoms with van der Waals surface area (Å²) in [5, 5.41) is 5.64. The van der Waals surface area contributed by atoms with Crippen molar-refractivity contribution in [3.05, 3.63) is 46.9 Å². The van der Waals surface area contributed by atoms with Crippen LogP contribution in [0.5, 0.6) is 0 Å². The minimum Gasteiger partial charge on any atom is -0.356 e. The number of urea groups is 1. The van der Waals surface area contributed by atoms with Gasteiger partial charge in [0.15, 0.2) is 0 Å². The molecule has 150 valence electrons. The van der Waals surface area contributed by atoms with Crippen molar-refractivity contribution in [2.45, 2.75) is 26.3 Å². The number of halogens is 1. The molecule has 1 unspecified atom stereocenters. The van der Waals surface area contributed by atoms with E-state index in [4.69, 9.17) is 0 Å². The van der Waals surface area contributed by atoms with Crippen LogP contribution in [0.3, 0.4) is 0 Å². The fraction of sp³-hybridized carbons (Fsp3) is 0.450. The Labute approximate surface area is 163 Å². The molecule has 2 aliphatic heterocycles. The van der Waals surface area contributed by atoms with Gasteiger partial charge in [0.05, 0.1) is 23.9 Å². The number of hydrogen-bond donors (Lipinski definition) is 2. The zero-order valence-electron chi connectivity index (χ0n) is 16.3. The summed E-state index contributed by atoms with van der Waals surface area (Å²) < 4.78 is 13.3. The first kappa shape index (κ1) is 19.9. The van der Waals surface area contributed by atoms with E-state index in [1.54, 1.807) is 24.1 Å². The minimum atomic E-state index is -0.633. The molecule has 0 radical (unpaired) electrons. The van der Waals surface area contributed by atoms with E-state index in [1.807, 2.05) is 13.8 Å². The largest absolute Gasteiger partial charge is 0.356 e. The Kier molecular flexibility index (Phi) is 5.67. The number of nitrogens with one attached hydrogen (secondary N) is 2. The Morgan fingerprint density at radius 2 is 1.96 bits per heavy atom. The van der Waals surface area contributed by atoms with E-state index in [0.717, 1.165) is 0 Å². The Morgan fingerprint density at radius 1 is 1.29 bits per heavy atom. The topological polar surface area (TPSA) is 81.8 Å². The van der Waals surface area contributed by atoms with Crippen LogP contribution < -0.4 is 10.6 Å². The van der Waals surface area contributed by atoms with Gasteiger partial charge in [0.2, 0.25) is 5.91 Å². The van der Waals surface area contributed by atoms with Crippen LogP contribution in [0.2, 0.25) is 0 Å². The molecule has 4 amide bonds. The molecule has 0 fully saturated rings. The van der Waals surface area contributed by atoms with Crippen LogP contribution >= 0.6 is 0 Å². The van der Waals surface area contributed by atoms with Crippen molar-refractivity contribution < 1.29 is 18.8 Å². The molecule has 1 atom stereocenters. The zero-order chi connectivity index (χ0) is 20.4. The fourth-order valence-corrected chi connectivity index (χ4v) is 3.35. The second kappa shape index (κ2) is 8.00. The first-order valence-electron chi connectivity index (χ1n) is 9.36. The van der Waals surface area contributed by atoms with Gasteiger partial charge in [-0.1, -0.05) is 26.0 Å². The van der Waals surface area contributed by atoms with Crippen LogP contribution in [0.4, 0.5) is 9.18 Å². The van der Waals surface area contributed by atoms with Crippen molar-refractivity contribution in [3.63, 3.8) is 0 Å². The number of likely N-dealkylation sites (N-methyl/N-ethyl adjacent to an activating group) is 1. The lowest BCUT2D eigenvalue weighted by Crippen LogP contribution is -2.45. The summed E-state index contributed by atoms with van der Waals surface area (Å²) >= 11 is 0. The summed E-state index contributed by atoms with van der Waals surface area (Å²) in [6.07, 6.45) is 0.200. The number of rotatable bonds is 6. The molecule has 3 rings (SSSR count). The van der Waals surface area contributed by atoms with Crippen LogP contribution in [0.15, 0.2) is 35.5 Å². The smallest absolute Gasteiger partial charge is 0.322 e. The molecular formula is C20H25FN4O3. The first-order chi connectivity index (χ1) is 13.3. The van der Waals surface area contributed by atoms with Crippen LogP contribution in [0.25, 0.3) is 0 Å². The van der Waals surface area contributed by atoms with Gasteiger partial charge in [-0.05, 0) is 23.6 Å². The highest BCUT2D eigenvalue weighted by molar-refractivity contribution is 6.01. The van der Waals surface area contributed by atoms with Gasteiger partial charge in [-0.3, -0.25) is 14.5 Å². The molecule has 0 saturated carbocycles. The van der Waals surface area contributed by atoms with Gasteiger partial charge >= 0.3 is 6.03 Å². The Morgan fingerprint density at radius 3 is 2.61 bits per heavy atom. The normalized spacial score (nSPS) is 19.2. The van der Waals surface area contributed by atoms with E-state index >= 15 is 0 Å². The molecule has 2 heterocycles. The number of carbonyl (C=O) groups excluding carboxylic acids is 3. The summed E-state index contributed by atoms with van der Waals surface area (Å²) in [7, 11) is 1.61. The molecule has 1 aromatic carbocycles. The molecule has 8 heteroatoms. The van der Waals surface area contributed by atoms with E-state index < -0.39 is 6.04 Å². The highest BCUT2D eigenvalue weighted by Gasteiger charge is 2.42. The number of carbonyl (C=O) groups is 3. The van der Waals surface area contributed by atoms with Gasteiger partial charge in [0, 0.05) is 26.6 Å². The summed E-state index contributed by atoms with van der Waals surface area (Å²) in [5.41, 5.74) is 1.72. The van der Waals surface area contributed by atoms with E-state index in [1.165, 1.54) is 17.0 Å². The maximum absolute atomic E-state index is 13.3. The molecule has 0 spiro atoms. The maximum Gasteiger partial charge on any atom is 0.322 e. The zero-order valence-corrected chi connectivity index (χ0v) is 16.3. The van der Waals surface area contributed by atoms with Crippen molar-refractivity contribution in [2.24, 2.45) is 5.92 Å². The first-order valence-corrected chi connectivity index (χ1v) is 9.36. The summed E-state index contributed by atoms with van der Waals surface area (Å²) in [4.78, 5) is 40.3. The number of amides is 4. The summed E-state index contributed by atoms with van der Waals surface area (Å²) in [6.45, 7) is 5.16. The third-order valence-corrected chi connectivity index (χ3v) is 4.95. The molecule has 0 aliphatic carbocycles. The second-order valence-electron chi connectivity index (χ2n) is 7.53. The summed E-state index contributed by atoms with van der Waals surface area (Å²) in [5.74, 6) is -0.352. The maximum atomic E-state index is 13.3. The molecule has 0 aromatic heterocycles. The molecule has 28 heavy (non-hydrogen) atoms. The van der Waals surface area contributed by atoms with Crippen LogP contribution in [-0.2, 0) is 9.59 Å². The standard InChI is InChI=1S/C20H25FN4O3/c1-12(2)10-22-16(26)8-9-25-11-15-17(19(25)27)18(23-20(28)24(15)3)13-4-6-14(21)7-5-13/h4-7,12,18H,8-11H2,1-3H3,(H,22,26)(H,23,28). The van der Waals surface area contributed by atoms with Crippen LogP contribution in [0, 0.1) is 11.7 Å². The van der Waals surface area contributed by atoms with Gasteiger partial charge < -0.3 is 15.5 Å². The SMILES string of the molecule is CC(C)CNC(=O)CCN1CC2=C(C1=O)C(c1ccc(F)cc1)NC(=O)N2C. The lowest BCUT2D eigenvalue weighted by atomic mass is 9.96. The van der Waals surface area contributed by atoms with Crippen molar-refractivity contribution in [1.29, 1.82) is 0 Å². The summed E-state index contributed by atoms with van der Waals surface area (Å²) in [6, 6.07) is 4.77. The monoisotopic (exact) mass is 388 g/mol. The van der Waals surface area contributed by atoms with Crippen molar-refractivity contribution in [3.8, 4) is 0 Å². The van der Waals surface area contributed by atoms with Gasteiger partial charge in [0.1, 0.15) is 5.82 Å². The van der Waals surface area contributed by atoms with Crippen LogP contribution in [-0.4, -0.2) is 54.3 Å². The average molecular weight is 388 g/mol. The van der Waals surface area contributed by atoms with Crippen LogP contribution in [0.1, 0.15) is 31.9 Å². The number of nitrogens with zero attached hydrogens (tertiary/aromatic N) is 2. The van der Waals surface area contributed by atoms with E-state index in [-0.39, 0.29) is 43.2 Å². The lowest BCUT2D eigenvalue weighted by molar-refractivity contribution is -0.127. The van der Waals surface area contributed by atoms with Gasteiger partial charge in [-0.15, -0.1) is 0 Å². The van der Waals surface area contributed by atoms with E-state index in [2.05, 4.69) is 10.6 Å². The number of hydrogen-bond acceptors (Lipinski definition) is 3. The third kappa shape index (κ3) is 4.00. The van der Waals surface area contributed by atoms with E-state index in [0.29, 0.717) is 29.3 Å². The molecule has 0 bridgehead atoms. The molecule has 1 aromatic rings. The van der Waals surface area contributed by atoms with Crippen molar-refractivity contribution >= 4 is 17.8 Å². The quantitative estimate of drug-likeness (QED) is 0.779. The molecular weight excluding hydrogens is 363 g/mol. The molecule has 2 aliphatic rings. The second-order valence-corrected chi connectivity index (χ2v) is 7.53. The average Bonchev–Trinajstić information content (AvgIpc) is 2.99. The molecule has 7 nitrogen and oxygen atoms in total. The van der Waals surface area contributed by atoms with Crippen molar-refractivity contribution in [2.75, 3.05) is 26.7 Å². The van der Waals surface area contributed by atoms with Gasteiger partial charge in [-0.25, -0.2) is 9.18 Å². The molecule has 0 saturated heterocycles. The Bertz CT molecular complexity index is 819. The molecule has 2 N–H and O–H groups in total. The predicted octanol–water partition coefficient (Wildman–Crippen LogP) is 1.78. The third-order valence-electron chi connectivity index (χ3n) is 4.95. The predicted molar refractivity (Wildman–Crippen MR) is 102 cm³/mol. The van der Waals surface area contributed by atoms with Gasteiger partial charge in [-0.2, -0.15) is 0 Å². The van der Waals surface area contributed by atoms with Gasteiger partial charge in [0.25, 0.3) is 5.91 Å².